The number of alkyl halides is 3. The number of nitrogens with one attached hydrogen (secondary N) is 1. The van der Waals surface area contributed by atoms with Gasteiger partial charge in [-0.1, -0.05) is 6.07 Å². The number of carbonyl (C=O) groups excluding carboxylic acids is 1. The summed E-state index contributed by atoms with van der Waals surface area (Å²) in [6.07, 6.45) is -3.13. The summed E-state index contributed by atoms with van der Waals surface area (Å²) < 4.78 is 49.5. The molecule has 0 aliphatic rings. The molecular weight excluding hydrogens is 341 g/mol. The van der Waals surface area contributed by atoms with Crippen LogP contribution in [0.15, 0.2) is 47.4 Å². The molecule has 2 aromatic carbocycles. The molecule has 1 atom stereocenters. The smallest absolute Gasteiger partial charge is 0.322 e. The van der Waals surface area contributed by atoms with Gasteiger partial charge in [0.25, 0.3) is 5.91 Å². The van der Waals surface area contributed by atoms with E-state index in [0.717, 1.165) is 18.2 Å². The number of halogens is 3. The highest BCUT2D eigenvalue weighted by molar-refractivity contribution is 7.84. The van der Waals surface area contributed by atoms with Crippen LogP contribution in [0.4, 0.5) is 18.9 Å². The SMILES string of the molecule is C[S@](=O)c1ccc(NC(=O)c2cccc(C(F)(F)F)c2)cc1C#N. The lowest BCUT2D eigenvalue weighted by atomic mass is 10.1. The molecule has 0 bridgehead atoms. The van der Waals surface area contributed by atoms with Gasteiger partial charge in [-0.25, -0.2) is 0 Å². The molecule has 0 heterocycles. The summed E-state index contributed by atoms with van der Waals surface area (Å²) >= 11 is 0. The fourth-order valence-electron chi connectivity index (χ4n) is 1.99. The number of anilines is 1. The third-order valence-electron chi connectivity index (χ3n) is 3.12. The van der Waals surface area contributed by atoms with Crippen LogP contribution >= 0.6 is 0 Å². The molecule has 0 aliphatic heterocycles. The van der Waals surface area contributed by atoms with E-state index in [-0.39, 0.29) is 16.8 Å². The number of carbonyl (C=O) groups is 1. The van der Waals surface area contributed by atoms with Crippen molar-refractivity contribution in [2.45, 2.75) is 11.1 Å². The minimum Gasteiger partial charge on any atom is -0.322 e. The zero-order chi connectivity index (χ0) is 17.9. The van der Waals surface area contributed by atoms with Crippen molar-refractivity contribution in [3.63, 3.8) is 0 Å². The summed E-state index contributed by atoms with van der Waals surface area (Å²) in [5.41, 5.74) is -0.739. The van der Waals surface area contributed by atoms with Crippen molar-refractivity contribution in [2.24, 2.45) is 0 Å². The van der Waals surface area contributed by atoms with Crippen molar-refractivity contribution in [1.29, 1.82) is 5.26 Å². The molecule has 124 valence electrons. The van der Waals surface area contributed by atoms with Crippen LogP contribution in [-0.2, 0) is 17.0 Å². The minimum atomic E-state index is -4.54. The predicted molar refractivity (Wildman–Crippen MR) is 82.9 cm³/mol. The van der Waals surface area contributed by atoms with Crippen molar-refractivity contribution in [2.75, 3.05) is 11.6 Å². The maximum absolute atomic E-state index is 12.7. The van der Waals surface area contributed by atoms with Crippen molar-refractivity contribution < 1.29 is 22.2 Å². The van der Waals surface area contributed by atoms with E-state index in [9.17, 15) is 22.2 Å². The van der Waals surface area contributed by atoms with Gasteiger partial charge in [-0.05, 0) is 36.4 Å². The molecular formula is C16H11F3N2O2S. The van der Waals surface area contributed by atoms with E-state index in [4.69, 9.17) is 5.26 Å². The van der Waals surface area contributed by atoms with Crippen molar-refractivity contribution in [3.05, 3.63) is 59.2 Å². The quantitative estimate of drug-likeness (QED) is 0.918. The van der Waals surface area contributed by atoms with E-state index in [1.54, 1.807) is 0 Å². The summed E-state index contributed by atoms with van der Waals surface area (Å²) in [6.45, 7) is 0. The van der Waals surface area contributed by atoms with E-state index in [1.165, 1.54) is 30.5 Å². The molecule has 0 saturated carbocycles. The molecule has 4 nitrogen and oxygen atoms in total. The Kier molecular flexibility index (Phi) is 5.04. The number of hydrogen-bond donors (Lipinski definition) is 1. The Hall–Kier alpha value is -2.66. The maximum atomic E-state index is 12.7. The average molecular weight is 352 g/mol. The third-order valence-corrected chi connectivity index (χ3v) is 4.10. The van der Waals surface area contributed by atoms with Gasteiger partial charge in [-0.2, -0.15) is 18.4 Å². The third kappa shape index (κ3) is 4.00. The van der Waals surface area contributed by atoms with Crippen LogP contribution in [0.5, 0.6) is 0 Å². The monoisotopic (exact) mass is 352 g/mol. The Morgan fingerprint density at radius 3 is 2.50 bits per heavy atom. The van der Waals surface area contributed by atoms with Crippen molar-refractivity contribution >= 4 is 22.4 Å². The second-order valence-corrected chi connectivity index (χ2v) is 6.16. The van der Waals surface area contributed by atoms with Crippen LogP contribution in [0.1, 0.15) is 21.5 Å². The Balaban J connectivity index is 2.28. The first kappa shape index (κ1) is 17.7. The number of rotatable bonds is 3. The summed E-state index contributed by atoms with van der Waals surface area (Å²) in [7, 11) is -1.37. The fraction of sp³-hybridized carbons (Fsp3) is 0.125. The molecule has 8 heteroatoms. The number of benzene rings is 2. The van der Waals surface area contributed by atoms with Gasteiger partial charge in [-0.15, -0.1) is 0 Å². The minimum absolute atomic E-state index is 0.123. The Morgan fingerprint density at radius 1 is 1.21 bits per heavy atom. The number of nitriles is 1. The lowest BCUT2D eigenvalue weighted by molar-refractivity contribution is -0.137. The van der Waals surface area contributed by atoms with Crippen molar-refractivity contribution in [3.8, 4) is 6.07 Å². The highest BCUT2D eigenvalue weighted by Gasteiger charge is 2.30. The molecule has 1 N–H and O–H groups in total. The molecule has 2 rings (SSSR count). The molecule has 0 fully saturated rings. The zero-order valence-electron chi connectivity index (χ0n) is 12.3. The van der Waals surface area contributed by atoms with Gasteiger partial charge in [0.2, 0.25) is 0 Å². The molecule has 24 heavy (non-hydrogen) atoms. The predicted octanol–water partition coefficient (Wildman–Crippen LogP) is 3.57. The van der Waals surface area contributed by atoms with Gasteiger partial charge >= 0.3 is 6.18 Å². The van der Waals surface area contributed by atoms with E-state index in [2.05, 4.69) is 5.32 Å². The number of amides is 1. The molecule has 0 saturated heterocycles. The van der Waals surface area contributed by atoms with Gasteiger partial charge in [0.1, 0.15) is 6.07 Å². The second-order valence-electron chi connectivity index (χ2n) is 4.81. The molecule has 2 aromatic rings. The number of hydrogen-bond acceptors (Lipinski definition) is 3. The Morgan fingerprint density at radius 2 is 1.92 bits per heavy atom. The van der Waals surface area contributed by atoms with E-state index in [0.29, 0.717) is 4.90 Å². The number of nitrogens with zero attached hydrogens (tertiary/aromatic N) is 1. The topological polar surface area (TPSA) is 70.0 Å². The van der Waals surface area contributed by atoms with Crippen LogP contribution < -0.4 is 5.32 Å². The first-order valence-electron chi connectivity index (χ1n) is 6.58. The summed E-state index contributed by atoms with van der Waals surface area (Å²) in [5.74, 6) is -0.740. The van der Waals surface area contributed by atoms with Crippen LogP contribution in [0, 0.1) is 11.3 Å². The lowest BCUT2D eigenvalue weighted by Crippen LogP contribution is -2.14. The summed E-state index contributed by atoms with van der Waals surface area (Å²) in [4.78, 5) is 12.4. The first-order chi connectivity index (χ1) is 11.2. The average Bonchev–Trinajstić information content (AvgIpc) is 2.53. The standard InChI is InChI=1S/C16H11F3N2O2S/c1-24(23)14-6-5-13(8-11(14)9-20)21-15(22)10-3-2-4-12(7-10)16(17,18)19/h2-8H,1H3,(H,21,22)/t24-/m0/s1. The van der Waals surface area contributed by atoms with Crippen LogP contribution in [0.25, 0.3) is 0 Å². The Labute approximate surface area is 138 Å². The fourth-order valence-corrected chi connectivity index (χ4v) is 2.66. The highest BCUT2D eigenvalue weighted by atomic mass is 32.2. The van der Waals surface area contributed by atoms with Gasteiger partial charge < -0.3 is 5.32 Å². The van der Waals surface area contributed by atoms with Crippen molar-refractivity contribution in [1.82, 2.24) is 0 Å². The second kappa shape index (κ2) is 6.84. The largest absolute Gasteiger partial charge is 0.416 e. The van der Waals surface area contributed by atoms with Gasteiger partial charge in [0.15, 0.2) is 0 Å². The van der Waals surface area contributed by atoms with Gasteiger partial charge in [0.05, 0.1) is 26.8 Å². The van der Waals surface area contributed by atoms with E-state index in [1.807, 2.05) is 6.07 Å². The van der Waals surface area contributed by atoms with Crippen LogP contribution in [0.2, 0.25) is 0 Å². The summed E-state index contributed by atoms with van der Waals surface area (Å²) in [6, 6.07) is 10.1. The molecule has 0 unspecified atom stereocenters. The normalized spacial score (nSPS) is 12.3. The molecule has 0 aromatic heterocycles. The van der Waals surface area contributed by atoms with Crippen LogP contribution in [-0.4, -0.2) is 16.4 Å². The summed E-state index contributed by atoms with van der Waals surface area (Å²) in [5, 5.41) is 11.5. The molecule has 1 amide bonds. The van der Waals surface area contributed by atoms with Gasteiger partial charge in [0, 0.05) is 17.5 Å². The van der Waals surface area contributed by atoms with Gasteiger partial charge in [-0.3, -0.25) is 9.00 Å². The van der Waals surface area contributed by atoms with E-state index < -0.39 is 28.4 Å². The van der Waals surface area contributed by atoms with E-state index >= 15 is 0 Å². The lowest BCUT2D eigenvalue weighted by Gasteiger charge is -2.10. The highest BCUT2D eigenvalue weighted by Crippen LogP contribution is 2.29. The molecule has 0 aliphatic carbocycles. The maximum Gasteiger partial charge on any atom is 0.416 e. The van der Waals surface area contributed by atoms with Crippen LogP contribution in [0.3, 0.4) is 0 Å². The molecule has 0 radical (unpaired) electrons. The Bertz CT molecular complexity index is 857. The molecule has 0 spiro atoms. The first-order valence-corrected chi connectivity index (χ1v) is 8.14. The zero-order valence-corrected chi connectivity index (χ0v) is 13.2.